The zero-order chi connectivity index (χ0) is 7.44. The molecule has 52 valence electrons. The first kappa shape index (κ1) is 8.06. The molecule has 5 heteroatoms. The van der Waals surface area contributed by atoms with Gasteiger partial charge in [0.15, 0.2) is 12.4 Å². The molecular weight excluding hydrogens is 128 g/mol. The number of aliphatic hydroxyl groups excluding tert-OH is 2. The summed E-state index contributed by atoms with van der Waals surface area (Å²) in [5.41, 5.74) is 0. The summed E-state index contributed by atoms with van der Waals surface area (Å²) in [5.74, 6) is -1.62. The highest BCUT2D eigenvalue weighted by Gasteiger charge is 2.22. The predicted octanol–water partition coefficient (Wildman–Crippen LogP) is -2.01. The molecule has 0 radical (unpaired) electrons. The van der Waals surface area contributed by atoms with Gasteiger partial charge in [-0.2, -0.15) is 0 Å². The summed E-state index contributed by atoms with van der Waals surface area (Å²) in [6, 6.07) is 0. The van der Waals surface area contributed by atoms with Gasteiger partial charge in [0.1, 0.15) is 6.10 Å². The molecule has 2 atom stereocenters. The monoisotopic (exact) mass is 134 g/mol. The van der Waals surface area contributed by atoms with E-state index in [1.165, 1.54) is 0 Å². The lowest BCUT2D eigenvalue weighted by Crippen LogP contribution is -2.34. The molecule has 0 amide bonds. The molecule has 0 saturated heterocycles. The standard InChI is InChI=1S/C4H6O5/c5-1-2(6)3(7)4(8)9/h1-3,6-7H,(H,8,9)/t2-,3-/m1/s1. The SMILES string of the molecule is O=C[C@@H](O)[C@@H](O)C(=O)O. The highest BCUT2D eigenvalue weighted by molar-refractivity contribution is 5.77. The van der Waals surface area contributed by atoms with E-state index in [-0.39, 0.29) is 6.29 Å². The Balaban J connectivity index is 3.86. The molecule has 0 unspecified atom stereocenters. The number of carboxylic acid groups (broad SMARTS) is 1. The first-order chi connectivity index (χ1) is 4.09. The molecule has 3 N–H and O–H groups in total. The van der Waals surface area contributed by atoms with Crippen LogP contribution in [0.1, 0.15) is 0 Å². The molecule has 0 fully saturated rings. The molecule has 0 rings (SSSR count). The first-order valence-electron chi connectivity index (χ1n) is 2.14. The Bertz CT molecular complexity index is 120. The van der Waals surface area contributed by atoms with Crippen molar-refractivity contribution in [2.45, 2.75) is 12.2 Å². The van der Waals surface area contributed by atoms with Crippen molar-refractivity contribution in [3.8, 4) is 0 Å². The van der Waals surface area contributed by atoms with E-state index in [2.05, 4.69) is 0 Å². The van der Waals surface area contributed by atoms with Crippen LogP contribution in [-0.2, 0) is 9.59 Å². The fraction of sp³-hybridized carbons (Fsp3) is 0.500. The van der Waals surface area contributed by atoms with Crippen molar-refractivity contribution in [2.75, 3.05) is 0 Å². The van der Waals surface area contributed by atoms with Gasteiger partial charge in [0.05, 0.1) is 0 Å². The topological polar surface area (TPSA) is 94.8 Å². The zero-order valence-electron chi connectivity index (χ0n) is 4.39. The van der Waals surface area contributed by atoms with Gasteiger partial charge in [0, 0.05) is 0 Å². The van der Waals surface area contributed by atoms with Gasteiger partial charge in [0.25, 0.3) is 0 Å². The van der Waals surface area contributed by atoms with E-state index in [9.17, 15) is 9.59 Å². The minimum atomic E-state index is -2.01. The van der Waals surface area contributed by atoms with Crippen molar-refractivity contribution in [3.63, 3.8) is 0 Å². The summed E-state index contributed by atoms with van der Waals surface area (Å²) in [5, 5.41) is 24.5. The van der Waals surface area contributed by atoms with E-state index in [4.69, 9.17) is 15.3 Å². The third-order valence-electron chi connectivity index (χ3n) is 0.716. The molecule has 0 bridgehead atoms. The number of carbonyl (C=O) groups is 2. The summed E-state index contributed by atoms with van der Waals surface area (Å²) < 4.78 is 0. The van der Waals surface area contributed by atoms with Crippen molar-refractivity contribution < 1.29 is 24.9 Å². The molecule has 5 nitrogen and oxygen atoms in total. The molecule has 0 aliphatic carbocycles. The van der Waals surface area contributed by atoms with Crippen LogP contribution in [0.5, 0.6) is 0 Å². The maximum Gasteiger partial charge on any atom is 0.335 e. The molecule has 9 heavy (non-hydrogen) atoms. The van der Waals surface area contributed by atoms with E-state index in [0.29, 0.717) is 0 Å². The van der Waals surface area contributed by atoms with E-state index >= 15 is 0 Å². The number of carboxylic acids is 1. The van der Waals surface area contributed by atoms with E-state index in [0.717, 1.165) is 0 Å². The summed E-state index contributed by atoms with van der Waals surface area (Å²) in [6.45, 7) is 0. The highest BCUT2D eigenvalue weighted by atomic mass is 16.4. The van der Waals surface area contributed by atoms with Crippen LogP contribution < -0.4 is 0 Å². The van der Waals surface area contributed by atoms with Crippen LogP contribution in [0, 0.1) is 0 Å². The Morgan fingerprint density at radius 2 is 1.89 bits per heavy atom. The van der Waals surface area contributed by atoms with E-state index in [1.807, 2.05) is 0 Å². The lowest BCUT2D eigenvalue weighted by Gasteiger charge is -2.04. The fourth-order valence-corrected chi connectivity index (χ4v) is 0.220. The third-order valence-corrected chi connectivity index (χ3v) is 0.716. The lowest BCUT2D eigenvalue weighted by molar-refractivity contribution is -0.154. The molecule has 0 heterocycles. The fourth-order valence-electron chi connectivity index (χ4n) is 0.220. The number of hydrogen-bond acceptors (Lipinski definition) is 4. The average molecular weight is 134 g/mol. The second-order valence-corrected chi connectivity index (χ2v) is 1.41. The van der Waals surface area contributed by atoms with Crippen LogP contribution >= 0.6 is 0 Å². The minimum absolute atomic E-state index is 0.0429. The Morgan fingerprint density at radius 3 is 2.00 bits per heavy atom. The van der Waals surface area contributed by atoms with E-state index in [1.54, 1.807) is 0 Å². The third kappa shape index (κ3) is 2.20. The summed E-state index contributed by atoms with van der Waals surface area (Å²) in [6.07, 6.45) is -3.89. The first-order valence-corrected chi connectivity index (χ1v) is 2.14. The largest absolute Gasteiger partial charge is 0.479 e. The summed E-state index contributed by atoms with van der Waals surface area (Å²) in [4.78, 5) is 19.3. The van der Waals surface area contributed by atoms with Crippen LogP contribution in [0.4, 0.5) is 0 Å². The second kappa shape index (κ2) is 3.16. The smallest absolute Gasteiger partial charge is 0.335 e. The number of carbonyl (C=O) groups excluding carboxylic acids is 1. The molecule has 0 aromatic carbocycles. The van der Waals surface area contributed by atoms with Crippen LogP contribution in [-0.4, -0.2) is 39.8 Å². The minimum Gasteiger partial charge on any atom is -0.479 e. The molecule has 0 aromatic heterocycles. The van der Waals surface area contributed by atoms with Gasteiger partial charge in [-0.25, -0.2) is 4.79 Å². The molecule has 0 aliphatic rings. The van der Waals surface area contributed by atoms with Gasteiger partial charge >= 0.3 is 5.97 Å². The van der Waals surface area contributed by atoms with Gasteiger partial charge in [-0.1, -0.05) is 0 Å². The highest BCUT2D eigenvalue weighted by Crippen LogP contribution is 1.88. The van der Waals surface area contributed by atoms with Crippen molar-refractivity contribution >= 4 is 12.3 Å². The number of aliphatic carboxylic acids is 1. The van der Waals surface area contributed by atoms with Crippen LogP contribution in [0.3, 0.4) is 0 Å². The van der Waals surface area contributed by atoms with Crippen LogP contribution in [0.2, 0.25) is 0 Å². The Labute approximate surface area is 50.5 Å². The van der Waals surface area contributed by atoms with Crippen molar-refractivity contribution in [1.82, 2.24) is 0 Å². The molecule has 0 aliphatic heterocycles. The quantitative estimate of drug-likeness (QED) is 0.388. The number of hydrogen-bond donors (Lipinski definition) is 3. The zero-order valence-corrected chi connectivity index (χ0v) is 4.39. The lowest BCUT2D eigenvalue weighted by atomic mass is 10.2. The summed E-state index contributed by atoms with van der Waals surface area (Å²) >= 11 is 0. The predicted molar refractivity (Wildman–Crippen MR) is 25.7 cm³/mol. The van der Waals surface area contributed by atoms with E-state index < -0.39 is 18.2 Å². The Hall–Kier alpha value is -0.940. The van der Waals surface area contributed by atoms with Gasteiger partial charge in [-0.05, 0) is 0 Å². The van der Waals surface area contributed by atoms with Gasteiger partial charge in [-0.15, -0.1) is 0 Å². The van der Waals surface area contributed by atoms with Crippen LogP contribution in [0.25, 0.3) is 0 Å². The molecule has 0 spiro atoms. The number of aliphatic hydroxyl groups is 2. The Kier molecular flexibility index (Phi) is 2.83. The van der Waals surface area contributed by atoms with Crippen molar-refractivity contribution in [3.05, 3.63) is 0 Å². The normalized spacial score (nSPS) is 16.2. The molecule has 0 aromatic rings. The number of rotatable bonds is 3. The maximum atomic E-state index is 9.73. The van der Waals surface area contributed by atoms with Gasteiger partial charge in [0.2, 0.25) is 0 Å². The van der Waals surface area contributed by atoms with Gasteiger partial charge < -0.3 is 20.1 Å². The molecule has 0 saturated carbocycles. The molecular formula is C4H6O5. The van der Waals surface area contributed by atoms with Crippen molar-refractivity contribution in [2.24, 2.45) is 0 Å². The summed E-state index contributed by atoms with van der Waals surface area (Å²) in [7, 11) is 0. The van der Waals surface area contributed by atoms with Crippen molar-refractivity contribution in [1.29, 1.82) is 0 Å². The Morgan fingerprint density at radius 1 is 1.44 bits per heavy atom. The maximum absolute atomic E-state index is 9.73. The second-order valence-electron chi connectivity index (χ2n) is 1.41. The number of aldehydes is 1. The van der Waals surface area contributed by atoms with Gasteiger partial charge in [-0.3, -0.25) is 0 Å². The van der Waals surface area contributed by atoms with Crippen LogP contribution in [0.15, 0.2) is 0 Å². The average Bonchev–Trinajstić information content (AvgIpc) is 1.84.